The Morgan fingerprint density at radius 1 is 1.07 bits per heavy atom. The van der Waals surface area contributed by atoms with Crippen molar-refractivity contribution in [2.45, 2.75) is 25.3 Å². The van der Waals surface area contributed by atoms with Crippen molar-refractivity contribution in [1.82, 2.24) is 9.78 Å². The lowest BCUT2D eigenvalue weighted by molar-refractivity contribution is -0.255. The molecular weight excluding hydrogens is 366 g/mol. The minimum atomic E-state index is -3.82. The fourth-order valence-electron chi connectivity index (χ4n) is 2.90. The van der Waals surface area contributed by atoms with E-state index in [2.05, 4.69) is 5.10 Å². The van der Waals surface area contributed by atoms with Gasteiger partial charge in [-0.05, 0) is 31.5 Å². The molecule has 0 aliphatic heterocycles. The van der Waals surface area contributed by atoms with E-state index in [1.54, 1.807) is 19.1 Å². The molecule has 140 valence electrons. The summed E-state index contributed by atoms with van der Waals surface area (Å²) in [5.41, 5.74) is 3.14. The van der Waals surface area contributed by atoms with Crippen LogP contribution in [0.3, 0.4) is 0 Å². The molecule has 0 unspecified atom stereocenters. The Morgan fingerprint density at radius 3 is 2.11 bits per heavy atom. The number of nitrogens with zero attached hydrogens (tertiary/aromatic N) is 2. The van der Waals surface area contributed by atoms with E-state index in [0.717, 1.165) is 5.56 Å². The van der Waals surface area contributed by atoms with Gasteiger partial charge in [-0.1, -0.05) is 42.0 Å². The van der Waals surface area contributed by atoms with Crippen LogP contribution < -0.4 is 10.2 Å². The number of rotatable bonds is 5. The van der Waals surface area contributed by atoms with Crippen molar-refractivity contribution in [3.63, 3.8) is 0 Å². The normalized spacial score (nSPS) is 11.5. The maximum Gasteiger partial charge on any atom is 0.238 e. The molecule has 0 radical (unpaired) electrons. The Hall–Kier alpha value is -2.97. The monoisotopic (exact) mass is 384 g/mol. The molecule has 7 nitrogen and oxygen atoms in total. The van der Waals surface area contributed by atoms with Gasteiger partial charge in [-0.15, -0.1) is 0 Å². The molecular formula is C19H18N3O4S-. The third-order valence-electron chi connectivity index (χ3n) is 4.24. The fourth-order valence-corrected chi connectivity index (χ4v) is 3.41. The Kier molecular flexibility index (Phi) is 4.86. The standard InChI is InChI=1S/C19H19N3O4S/c1-3-22-18(19(23)24)16(13-6-4-12(2)5-7-13)17(21-22)14-8-10-15(11-9-14)27(20,25)26/h4-11H,3H2,1-2H3,(H,23,24)(H2,20,25,26)/p-1. The van der Waals surface area contributed by atoms with Crippen LogP contribution in [0.5, 0.6) is 0 Å². The summed E-state index contributed by atoms with van der Waals surface area (Å²) in [6, 6.07) is 13.2. The molecule has 2 N–H and O–H groups in total. The van der Waals surface area contributed by atoms with Gasteiger partial charge in [0.2, 0.25) is 10.0 Å². The van der Waals surface area contributed by atoms with Crippen molar-refractivity contribution < 1.29 is 18.3 Å². The van der Waals surface area contributed by atoms with Crippen molar-refractivity contribution in [2.24, 2.45) is 5.14 Å². The summed E-state index contributed by atoms with van der Waals surface area (Å²) in [7, 11) is -3.82. The number of sulfonamides is 1. The number of aromatic carboxylic acids is 1. The van der Waals surface area contributed by atoms with Gasteiger partial charge in [-0.3, -0.25) is 4.68 Å². The lowest BCUT2D eigenvalue weighted by atomic mass is 9.98. The number of carbonyl (C=O) groups excluding carboxylic acids is 1. The molecule has 0 saturated carbocycles. The number of aryl methyl sites for hydroxylation is 2. The second-order valence-electron chi connectivity index (χ2n) is 6.11. The quantitative estimate of drug-likeness (QED) is 0.716. The van der Waals surface area contributed by atoms with E-state index in [1.807, 2.05) is 31.2 Å². The smallest absolute Gasteiger partial charge is 0.238 e. The number of primary sulfonamides is 1. The van der Waals surface area contributed by atoms with Gasteiger partial charge in [-0.2, -0.15) is 5.10 Å². The molecule has 27 heavy (non-hydrogen) atoms. The average Bonchev–Trinajstić information content (AvgIpc) is 3.01. The molecule has 0 bridgehead atoms. The summed E-state index contributed by atoms with van der Waals surface area (Å²) in [5, 5.41) is 21.4. The maximum atomic E-state index is 11.8. The van der Waals surface area contributed by atoms with Gasteiger partial charge in [0.05, 0.1) is 16.6 Å². The number of carboxylic acids is 1. The zero-order valence-electron chi connectivity index (χ0n) is 14.8. The largest absolute Gasteiger partial charge is 0.543 e. The molecule has 0 saturated heterocycles. The molecule has 0 fully saturated rings. The van der Waals surface area contributed by atoms with Crippen LogP contribution in [-0.2, 0) is 16.6 Å². The first-order chi connectivity index (χ1) is 12.7. The van der Waals surface area contributed by atoms with Crippen LogP contribution in [-0.4, -0.2) is 24.2 Å². The third-order valence-corrected chi connectivity index (χ3v) is 5.17. The lowest BCUT2D eigenvalue weighted by Gasteiger charge is -2.10. The predicted octanol–water partition coefficient (Wildman–Crippen LogP) is 1.56. The van der Waals surface area contributed by atoms with Crippen LogP contribution in [0.25, 0.3) is 22.4 Å². The summed E-state index contributed by atoms with van der Waals surface area (Å²) >= 11 is 0. The van der Waals surface area contributed by atoms with Crippen LogP contribution in [0.1, 0.15) is 23.0 Å². The van der Waals surface area contributed by atoms with Gasteiger partial charge in [0.1, 0.15) is 5.69 Å². The molecule has 8 heteroatoms. The molecule has 0 amide bonds. The molecule has 2 aromatic carbocycles. The summed E-state index contributed by atoms with van der Waals surface area (Å²) in [4.78, 5) is 11.8. The molecule has 1 heterocycles. The predicted molar refractivity (Wildman–Crippen MR) is 99.2 cm³/mol. The Bertz CT molecular complexity index is 1100. The highest BCUT2D eigenvalue weighted by Gasteiger charge is 2.21. The minimum absolute atomic E-state index is 0.0214. The number of hydrogen-bond donors (Lipinski definition) is 1. The van der Waals surface area contributed by atoms with Crippen LogP contribution in [0, 0.1) is 6.92 Å². The van der Waals surface area contributed by atoms with Gasteiger partial charge in [0, 0.05) is 17.7 Å². The van der Waals surface area contributed by atoms with Crippen molar-refractivity contribution in [2.75, 3.05) is 0 Å². The molecule has 3 aromatic rings. The van der Waals surface area contributed by atoms with Gasteiger partial charge in [-0.25, -0.2) is 13.6 Å². The maximum absolute atomic E-state index is 11.8. The van der Waals surface area contributed by atoms with Gasteiger partial charge in [0.25, 0.3) is 0 Å². The highest BCUT2D eigenvalue weighted by atomic mass is 32.2. The van der Waals surface area contributed by atoms with Crippen LogP contribution in [0.4, 0.5) is 0 Å². The van der Waals surface area contributed by atoms with E-state index in [1.165, 1.54) is 16.8 Å². The summed E-state index contributed by atoms with van der Waals surface area (Å²) in [6.07, 6.45) is 0. The zero-order valence-corrected chi connectivity index (χ0v) is 15.7. The van der Waals surface area contributed by atoms with Crippen LogP contribution in [0.15, 0.2) is 53.4 Å². The molecule has 0 aliphatic carbocycles. The summed E-state index contributed by atoms with van der Waals surface area (Å²) in [5.74, 6) is -1.33. The van der Waals surface area contributed by atoms with Crippen LogP contribution in [0.2, 0.25) is 0 Å². The van der Waals surface area contributed by atoms with E-state index >= 15 is 0 Å². The first kappa shape index (κ1) is 18.8. The first-order valence-corrected chi connectivity index (χ1v) is 9.79. The lowest BCUT2D eigenvalue weighted by Crippen LogP contribution is -2.26. The number of carboxylic acid groups (broad SMARTS) is 1. The van der Waals surface area contributed by atoms with Crippen molar-refractivity contribution >= 4 is 16.0 Å². The second kappa shape index (κ2) is 6.98. The van der Waals surface area contributed by atoms with Crippen molar-refractivity contribution in [3.05, 3.63) is 59.8 Å². The van der Waals surface area contributed by atoms with E-state index in [0.29, 0.717) is 28.9 Å². The fraction of sp³-hybridized carbons (Fsp3) is 0.158. The SMILES string of the molecule is CCn1nc(-c2ccc(S(N)(=O)=O)cc2)c(-c2ccc(C)cc2)c1C(=O)[O-]. The van der Waals surface area contributed by atoms with Crippen molar-refractivity contribution in [3.8, 4) is 22.4 Å². The highest BCUT2D eigenvalue weighted by molar-refractivity contribution is 7.89. The number of nitrogens with two attached hydrogens (primary N) is 1. The van der Waals surface area contributed by atoms with E-state index in [-0.39, 0.29) is 10.6 Å². The van der Waals surface area contributed by atoms with Gasteiger partial charge in [0.15, 0.2) is 0 Å². The second-order valence-corrected chi connectivity index (χ2v) is 7.67. The van der Waals surface area contributed by atoms with Crippen molar-refractivity contribution in [1.29, 1.82) is 0 Å². The van der Waals surface area contributed by atoms with E-state index in [4.69, 9.17) is 5.14 Å². The Labute approximate surface area is 157 Å². The van der Waals surface area contributed by atoms with E-state index in [9.17, 15) is 18.3 Å². The molecule has 0 atom stereocenters. The Morgan fingerprint density at radius 2 is 1.63 bits per heavy atom. The van der Waals surface area contributed by atoms with Crippen LogP contribution >= 0.6 is 0 Å². The molecule has 0 spiro atoms. The summed E-state index contributed by atoms with van der Waals surface area (Å²) in [6.45, 7) is 4.06. The first-order valence-electron chi connectivity index (χ1n) is 8.24. The molecule has 0 aliphatic rings. The zero-order chi connectivity index (χ0) is 19.8. The average molecular weight is 384 g/mol. The van der Waals surface area contributed by atoms with Gasteiger partial charge >= 0.3 is 0 Å². The van der Waals surface area contributed by atoms with E-state index < -0.39 is 16.0 Å². The molecule has 1 aromatic heterocycles. The summed E-state index contributed by atoms with van der Waals surface area (Å²) < 4.78 is 24.3. The third kappa shape index (κ3) is 3.62. The van der Waals surface area contributed by atoms with Gasteiger partial charge < -0.3 is 9.90 Å². The Balaban J connectivity index is 2.26. The highest BCUT2D eigenvalue weighted by Crippen LogP contribution is 2.35. The number of aromatic nitrogens is 2. The number of carbonyl (C=O) groups is 1. The number of hydrogen-bond acceptors (Lipinski definition) is 5. The topological polar surface area (TPSA) is 118 Å². The number of benzene rings is 2. The minimum Gasteiger partial charge on any atom is -0.543 e. The molecule has 3 rings (SSSR count).